The highest BCUT2D eigenvalue weighted by Gasteiger charge is 2.22. The molecular weight excluding hydrogens is 248 g/mol. The minimum atomic E-state index is -1.08. The van der Waals surface area contributed by atoms with Crippen molar-refractivity contribution in [3.8, 4) is 0 Å². The Labute approximate surface area is 111 Å². The minimum absolute atomic E-state index is 0.0218. The minimum Gasteiger partial charge on any atom is -0.480 e. The van der Waals surface area contributed by atoms with E-state index in [9.17, 15) is 9.59 Å². The monoisotopic (exact) mass is 266 g/mol. The predicted molar refractivity (Wildman–Crippen MR) is 68.9 cm³/mol. The zero-order valence-electron chi connectivity index (χ0n) is 11.0. The molecule has 19 heavy (non-hydrogen) atoms. The molecule has 1 heterocycles. The summed E-state index contributed by atoms with van der Waals surface area (Å²) in [6.45, 7) is 7.36. The molecule has 2 N–H and O–H groups in total. The van der Waals surface area contributed by atoms with Crippen molar-refractivity contribution in [2.24, 2.45) is 0 Å². The van der Waals surface area contributed by atoms with Crippen molar-refractivity contribution in [3.05, 3.63) is 30.2 Å². The number of carbonyl (C=O) groups excluding carboxylic acids is 1. The summed E-state index contributed by atoms with van der Waals surface area (Å²) < 4.78 is 4.90. The van der Waals surface area contributed by atoms with Crippen LogP contribution in [0, 0.1) is 0 Å². The normalized spacial score (nSPS) is 12.2. The van der Waals surface area contributed by atoms with Crippen molar-refractivity contribution in [2.75, 3.05) is 0 Å². The highest BCUT2D eigenvalue weighted by atomic mass is 16.5. The molecule has 0 saturated carbocycles. The van der Waals surface area contributed by atoms with E-state index in [1.807, 2.05) is 13.8 Å². The lowest BCUT2D eigenvalue weighted by atomic mass is 10.1. The lowest BCUT2D eigenvalue weighted by Gasteiger charge is -2.11. The first-order chi connectivity index (χ1) is 8.95. The molecule has 6 heteroatoms. The highest BCUT2D eigenvalue weighted by molar-refractivity contribution is 5.94. The standard InChI is InChI=1S/C13H18N2O4/c1-4-5-6-9(13(17)18)14-12(16)11-7-10(8(2)3)15-19-11/h4,7-9H,1,5-6H2,2-3H3,(H,14,16)(H,17,18). The summed E-state index contributed by atoms with van der Waals surface area (Å²) >= 11 is 0. The Kier molecular flexibility index (Phi) is 5.29. The Bertz CT molecular complexity index is 465. The third-order valence-corrected chi connectivity index (χ3v) is 2.61. The van der Waals surface area contributed by atoms with Gasteiger partial charge in [-0.1, -0.05) is 25.1 Å². The van der Waals surface area contributed by atoms with E-state index in [-0.39, 0.29) is 18.1 Å². The molecule has 1 rings (SSSR count). The van der Waals surface area contributed by atoms with Crippen LogP contribution in [0.1, 0.15) is 48.9 Å². The quantitative estimate of drug-likeness (QED) is 0.736. The van der Waals surface area contributed by atoms with Gasteiger partial charge in [0.2, 0.25) is 5.76 Å². The summed E-state index contributed by atoms with van der Waals surface area (Å²) in [4.78, 5) is 22.8. The van der Waals surface area contributed by atoms with Gasteiger partial charge >= 0.3 is 5.97 Å². The number of hydrogen-bond donors (Lipinski definition) is 2. The maximum atomic E-state index is 11.8. The van der Waals surface area contributed by atoms with E-state index in [2.05, 4.69) is 17.1 Å². The van der Waals surface area contributed by atoms with Crippen LogP contribution in [0.5, 0.6) is 0 Å². The Hall–Kier alpha value is -2.11. The second-order valence-corrected chi connectivity index (χ2v) is 4.50. The van der Waals surface area contributed by atoms with Crippen molar-refractivity contribution in [1.82, 2.24) is 10.5 Å². The summed E-state index contributed by atoms with van der Waals surface area (Å²) in [5.74, 6) is -1.50. The van der Waals surface area contributed by atoms with Crippen LogP contribution in [0.25, 0.3) is 0 Å². The highest BCUT2D eigenvalue weighted by Crippen LogP contribution is 2.14. The number of carboxylic acids is 1. The number of aliphatic carboxylic acids is 1. The number of aromatic nitrogens is 1. The van der Waals surface area contributed by atoms with Crippen molar-refractivity contribution in [2.45, 2.75) is 38.6 Å². The van der Waals surface area contributed by atoms with Gasteiger partial charge in [-0.25, -0.2) is 4.79 Å². The first-order valence-electron chi connectivity index (χ1n) is 6.06. The number of carbonyl (C=O) groups is 2. The predicted octanol–water partition coefficient (Wildman–Crippen LogP) is 1.95. The maximum absolute atomic E-state index is 11.8. The molecule has 1 aromatic heterocycles. The molecule has 1 aromatic rings. The van der Waals surface area contributed by atoms with Crippen LogP contribution in [0.3, 0.4) is 0 Å². The van der Waals surface area contributed by atoms with Crippen LogP contribution >= 0.6 is 0 Å². The van der Waals surface area contributed by atoms with E-state index >= 15 is 0 Å². The molecule has 0 aliphatic rings. The van der Waals surface area contributed by atoms with Gasteiger partial charge in [-0.05, 0) is 18.8 Å². The van der Waals surface area contributed by atoms with Crippen LogP contribution < -0.4 is 5.32 Å². The number of nitrogens with one attached hydrogen (secondary N) is 1. The summed E-state index contributed by atoms with van der Waals surface area (Å²) in [6.07, 6.45) is 2.40. The van der Waals surface area contributed by atoms with E-state index < -0.39 is 17.9 Å². The third-order valence-electron chi connectivity index (χ3n) is 2.61. The number of carboxylic acid groups (broad SMARTS) is 1. The maximum Gasteiger partial charge on any atom is 0.326 e. The molecule has 1 unspecified atom stereocenters. The zero-order chi connectivity index (χ0) is 14.4. The molecule has 1 atom stereocenters. The van der Waals surface area contributed by atoms with Crippen LogP contribution in [0.2, 0.25) is 0 Å². The second-order valence-electron chi connectivity index (χ2n) is 4.50. The average molecular weight is 266 g/mol. The van der Waals surface area contributed by atoms with Crippen LogP contribution in [-0.4, -0.2) is 28.2 Å². The molecule has 0 aromatic carbocycles. The number of hydrogen-bond acceptors (Lipinski definition) is 4. The van der Waals surface area contributed by atoms with Crippen LogP contribution in [0.4, 0.5) is 0 Å². The van der Waals surface area contributed by atoms with Gasteiger partial charge in [-0.15, -0.1) is 6.58 Å². The van der Waals surface area contributed by atoms with Gasteiger partial charge in [-0.2, -0.15) is 0 Å². The van der Waals surface area contributed by atoms with E-state index in [0.29, 0.717) is 12.1 Å². The SMILES string of the molecule is C=CCCC(NC(=O)c1cc(C(C)C)no1)C(=O)O. The Morgan fingerprint density at radius 2 is 2.26 bits per heavy atom. The molecule has 0 fully saturated rings. The number of amides is 1. The lowest BCUT2D eigenvalue weighted by molar-refractivity contribution is -0.139. The van der Waals surface area contributed by atoms with Gasteiger partial charge in [0.1, 0.15) is 6.04 Å². The van der Waals surface area contributed by atoms with Crippen LogP contribution in [0.15, 0.2) is 23.2 Å². The molecule has 0 aliphatic heterocycles. The van der Waals surface area contributed by atoms with E-state index in [1.165, 1.54) is 6.07 Å². The molecule has 0 spiro atoms. The zero-order valence-corrected chi connectivity index (χ0v) is 11.0. The first kappa shape index (κ1) is 14.9. The molecule has 1 amide bonds. The fourth-order valence-corrected chi connectivity index (χ4v) is 1.44. The average Bonchev–Trinajstić information content (AvgIpc) is 2.83. The topological polar surface area (TPSA) is 92.4 Å². The molecule has 0 saturated heterocycles. The molecule has 104 valence electrons. The molecule has 0 radical (unpaired) electrons. The van der Waals surface area contributed by atoms with Crippen molar-refractivity contribution >= 4 is 11.9 Å². The second kappa shape index (κ2) is 6.72. The first-order valence-corrected chi connectivity index (χ1v) is 6.06. The Balaban J connectivity index is 2.70. The lowest BCUT2D eigenvalue weighted by Crippen LogP contribution is -2.40. The number of rotatable bonds is 7. The van der Waals surface area contributed by atoms with E-state index in [0.717, 1.165) is 0 Å². The largest absolute Gasteiger partial charge is 0.480 e. The van der Waals surface area contributed by atoms with Crippen molar-refractivity contribution in [1.29, 1.82) is 0 Å². The summed E-state index contributed by atoms with van der Waals surface area (Å²) in [7, 11) is 0. The van der Waals surface area contributed by atoms with Crippen molar-refractivity contribution < 1.29 is 19.2 Å². The summed E-state index contributed by atoms with van der Waals surface area (Å²) in [5, 5.41) is 15.1. The Morgan fingerprint density at radius 3 is 2.74 bits per heavy atom. The summed E-state index contributed by atoms with van der Waals surface area (Å²) in [5.41, 5.74) is 0.656. The van der Waals surface area contributed by atoms with Crippen molar-refractivity contribution in [3.63, 3.8) is 0 Å². The van der Waals surface area contributed by atoms with Gasteiger partial charge in [0.15, 0.2) is 0 Å². The van der Waals surface area contributed by atoms with Gasteiger partial charge in [-0.3, -0.25) is 4.79 Å². The van der Waals surface area contributed by atoms with Gasteiger partial charge < -0.3 is 14.9 Å². The van der Waals surface area contributed by atoms with E-state index in [1.54, 1.807) is 6.08 Å². The molecule has 0 aliphatic carbocycles. The van der Waals surface area contributed by atoms with Gasteiger partial charge in [0, 0.05) is 6.07 Å². The van der Waals surface area contributed by atoms with Gasteiger partial charge in [0.05, 0.1) is 5.69 Å². The fourth-order valence-electron chi connectivity index (χ4n) is 1.44. The molecular formula is C13H18N2O4. The number of nitrogens with zero attached hydrogens (tertiary/aromatic N) is 1. The van der Waals surface area contributed by atoms with Crippen LogP contribution in [-0.2, 0) is 4.79 Å². The van der Waals surface area contributed by atoms with Gasteiger partial charge in [0.25, 0.3) is 5.91 Å². The fraction of sp³-hybridized carbons (Fsp3) is 0.462. The number of allylic oxidation sites excluding steroid dienone is 1. The van der Waals surface area contributed by atoms with E-state index in [4.69, 9.17) is 9.63 Å². The Morgan fingerprint density at radius 1 is 1.58 bits per heavy atom. The summed E-state index contributed by atoms with van der Waals surface area (Å²) in [6, 6.07) is 0.560. The molecule has 0 bridgehead atoms. The molecule has 6 nitrogen and oxygen atoms in total. The third kappa shape index (κ3) is 4.24. The smallest absolute Gasteiger partial charge is 0.326 e.